The molecule has 3 N–H and O–H groups in total. The summed E-state index contributed by atoms with van der Waals surface area (Å²) in [5, 5.41) is 19.1. The van der Waals surface area contributed by atoms with Crippen LogP contribution < -0.4 is 15.4 Å². The van der Waals surface area contributed by atoms with Gasteiger partial charge in [0.2, 0.25) is 0 Å². The van der Waals surface area contributed by atoms with Crippen molar-refractivity contribution in [3.05, 3.63) is 70.6 Å². The lowest BCUT2D eigenvalue weighted by Gasteiger charge is -2.38. The van der Waals surface area contributed by atoms with Crippen molar-refractivity contribution >= 4 is 23.3 Å². The average Bonchev–Trinajstić information content (AvgIpc) is 3.26. The van der Waals surface area contributed by atoms with E-state index in [1.165, 1.54) is 18.2 Å². The standard InChI is InChI=1S/C30H36F3N5O5/c1-17-13-38(18(2)16-39)28(40)24-12-23(34-29(41)35-27-19(3)36-43-20(27)4)10-11-25(24)42-26(17)15-37(5)14-21-6-8-22(9-7-21)30(31,32)33/h6-12,17-18,26,39H,13-16H2,1-5H3,(H2,34,35,41)/t17-,18-,26-/m0/s1. The largest absolute Gasteiger partial charge is 0.488 e. The van der Waals surface area contributed by atoms with Crippen molar-refractivity contribution in [3.63, 3.8) is 0 Å². The molecule has 2 heterocycles. The zero-order valence-electron chi connectivity index (χ0n) is 24.7. The van der Waals surface area contributed by atoms with Gasteiger partial charge in [-0.05, 0) is 63.7 Å². The number of aliphatic hydroxyl groups excluding tert-OH is 1. The Bertz CT molecular complexity index is 1420. The molecule has 3 amide bonds. The predicted octanol–water partition coefficient (Wildman–Crippen LogP) is 5.31. The van der Waals surface area contributed by atoms with Crippen molar-refractivity contribution < 1.29 is 37.1 Å². The second kappa shape index (κ2) is 13.0. The third-order valence-electron chi connectivity index (χ3n) is 7.42. The lowest BCUT2D eigenvalue weighted by molar-refractivity contribution is -0.137. The van der Waals surface area contributed by atoms with Gasteiger partial charge >= 0.3 is 12.2 Å². The van der Waals surface area contributed by atoms with Crippen LogP contribution in [0.5, 0.6) is 5.75 Å². The fraction of sp³-hybridized carbons (Fsp3) is 0.433. The van der Waals surface area contributed by atoms with E-state index in [0.29, 0.717) is 53.8 Å². The highest BCUT2D eigenvalue weighted by atomic mass is 19.4. The number of hydrogen-bond acceptors (Lipinski definition) is 7. The summed E-state index contributed by atoms with van der Waals surface area (Å²) in [4.78, 5) is 29.9. The molecule has 2 aromatic carbocycles. The van der Waals surface area contributed by atoms with Crippen LogP contribution in [0.25, 0.3) is 0 Å². The van der Waals surface area contributed by atoms with Crippen LogP contribution in [0, 0.1) is 19.8 Å². The molecule has 3 atom stereocenters. The summed E-state index contributed by atoms with van der Waals surface area (Å²) in [6.07, 6.45) is -4.80. The molecule has 1 aliphatic rings. The summed E-state index contributed by atoms with van der Waals surface area (Å²) in [6.45, 7) is 7.91. The van der Waals surface area contributed by atoms with Crippen molar-refractivity contribution in [3.8, 4) is 5.75 Å². The molecular weight excluding hydrogens is 567 g/mol. The Hall–Kier alpha value is -4.10. The molecule has 0 saturated heterocycles. The number of anilines is 2. The van der Waals surface area contributed by atoms with Crippen LogP contribution in [-0.4, -0.2) is 70.9 Å². The molecule has 232 valence electrons. The first kappa shape index (κ1) is 31.8. The van der Waals surface area contributed by atoms with Gasteiger partial charge in [0, 0.05) is 31.2 Å². The number of alkyl halides is 3. The number of likely N-dealkylation sites (N-methyl/N-ethyl adjacent to an activating group) is 1. The first-order valence-electron chi connectivity index (χ1n) is 13.8. The van der Waals surface area contributed by atoms with E-state index in [2.05, 4.69) is 15.8 Å². The molecular formula is C30H36F3N5O5. The summed E-state index contributed by atoms with van der Waals surface area (Å²) >= 11 is 0. The number of aryl methyl sites for hydroxylation is 2. The maximum absolute atomic E-state index is 13.7. The van der Waals surface area contributed by atoms with Crippen molar-refractivity contribution in [2.45, 2.75) is 52.6 Å². The molecule has 1 aliphatic heterocycles. The third-order valence-corrected chi connectivity index (χ3v) is 7.42. The molecule has 0 unspecified atom stereocenters. The number of nitrogens with zero attached hydrogens (tertiary/aromatic N) is 3. The lowest BCUT2D eigenvalue weighted by Crippen LogP contribution is -2.49. The van der Waals surface area contributed by atoms with Crippen LogP contribution >= 0.6 is 0 Å². The molecule has 0 saturated carbocycles. The highest BCUT2D eigenvalue weighted by Gasteiger charge is 2.34. The Kier molecular flexibility index (Phi) is 9.65. The van der Waals surface area contributed by atoms with Gasteiger partial charge in [-0.25, -0.2) is 4.79 Å². The van der Waals surface area contributed by atoms with Gasteiger partial charge in [0.15, 0.2) is 5.76 Å². The summed E-state index contributed by atoms with van der Waals surface area (Å²) in [7, 11) is 1.84. The summed E-state index contributed by atoms with van der Waals surface area (Å²) in [5.41, 5.74) is 1.55. The van der Waals surface area contributed by atoms with Crippen molar-refractivity contribution in [2.75, 3.05) is 37.4 Å². The summed E-state index contributed by atoms with van der Waals surface area (Å²) < 4.78 is 50.3. The summed E-state index contributed by atoms with van der Waals surface area (Å²) in [6, 6.07) is 8.77. The SMILES string of the molecule is Cc1noc(C)c1NC(=O)Nc1ccc2c(c1)C(=O)N([C@@H](C)CO)C[C@H](C)[C@H](CN(C)Cc1ccc(C(F)(F)F)cc1)O2. The maximum Gasteiger partial charge on any atom is 0.416 e. The molecule has 0 aliphatic carbocycles. The van der Waals surface area contributed by atoms with Crippen LogP contribution in [-0.2, 0) is 12.7 Å². The number of carbonyl (C=O) groups excluding carboxylic acids is 2. The number of aromatic nitrogens is 1. The van der Waals surface area contributed by atoms with Crippen LogP contribution in [0.2, 0.25) is 0 Å². The van der Waals surface area contributed by atoms with E-state index >= 15 is 0 Å². The van der Waals surface area contributed by atoms with E-state index in [1.807, 2.05) is 18.9 Å². The van der Waals surface area contributed by atoms with Crippen LogP contribution in [0.4, 0.5) is 29.3 Å². The number of fused-ring (bicyclic) bond motifs is 1. The molecule has 4 rings (SSSR count). The fourth-order valence-corrected chi connectivity index (χ4v) is 4.94. The number of halogens is 3. The number of aliphatic hydroxyl groups is 1. The Balaban J connectivity index is 1.54. The molecule has 0 bridgehead atoms. The van der Waals surface area contributed by atoms with Gasteiger partial charge in [-0.1, -0.05) is 24.2 Å². The van der Waals surface area contributed by atoms with Gasteiger partial charge in [-0.3, -0.25) is 9.69 Å². The van der Waals surface area contributed by atoms with Gasteiger partial charge in [0.1, 0.15) is 23.2 Å². The number of benzene rings is 2. The Morgan fingerprint density at radius 1 is 1.19 bits per heavy atom. The van der Waals surface area contributed by atoms with Gasteiger partial charge in [-0.15, -0.1) is 0 Å². The smallest absolute Gasteiger partial charge is 0.416 e. The molecule has 3 aromatic rings. The van der Waals surface area contributed by atoms with Crippen LogP contribution in [0.3, 0.4) is 0 Å². The zero-order chi connectivity index (χ0) is 31.5. The number of carbonyl (C=O) groups is 2. The second-order valence-electron chi connectivity index (χ2n) is 11.0. The quantitative estimate of drug-likeness (QED) is 0.319. The number of ether oxygens (including phenoxy) is 1. The van der Waals surface area contributed by atoms with E-state index in [0.717, 1.165) is 12.1 Å². The Morgan fingerprint density at radius 3 is 2.49 bits per heavy atom. The molecule has 10 nitrogen and oxygen atoms in total. The van der Waals surface area contributed by atoms with E-state index in [1.54, 1.807) is 37.8 Å². The fourth-order valence-electron chi connectivity index (χ4n) is 4.94. The minimum absolute atomic E-state index is 0.153. The van der Waals surface area contributed by atoms with Gasteiger partial charge in [0.25, 0.3) is 5.91 Å². The number of urea groups is 1. The summed E-state index contributed by atoms with van der Waals surface area (Å²) in [5.74, 6) is 0.261. The average molecular weight is 604 g/mol. The number of nitrogens with one attached hydrogen (secondary N) is 2. The zero-order valence-corrected chi connectivity index (χ0v) is 24.7. The molecule has 1 aromatic heterocycles. The highest BCUT2D eigenvalue weighted by molar-refractivity contribution is 6.03. The van der Waals surface area contributed by atoms with Gasteiger partial charge in [0.05, 0.1) is 23.8 Å². The minimum atomic E-state index is -4.40. The minimum Gasteiger partial charge on any atom is -0.488 e. The van der Waals surface area contributed by atoms with Crippen molar-refractivity contribution in [1.82, 2.24) is 15.0 Å². The molecule has 0 spiro atoms. The molecule has 0 fully saturated rings. The Morgan fingerprint density at radius 2 is 1.88 bits per heavy atom. The second-order valence-corrected chi connectivity index (χ2v) is 11.0. The predicted molar refractivity (Wildman–Crippen MR) is 154 cm³/mol. The number of hydrogen-bond donors (Lipinski definition) is 3. The molecule has 43 heavy (non-hydrogen) atoms. The first-order valence-corrected chi connectivity index (χ1v) is 13.8. The van der Waals surface area contributed by atoms with Gasteiger partial charge in [-0.2, -0.15) is 13.2 Å². The van der Waals surface area contributed by atoms with Gasteiger partial charge < -0.3 is 29.9 Å². The van der Waals surface area contributed by atoms with E-state index in [9.17, 15) is 27.9 Å². The van der Waals surface area contributed by atoms with Crippen molar-refractivity contribution in [2.24, 2.45) is 5.92 Å². The normalized spacial score (nSPS) is 18.0. The van der Waals surface area contributed by atoms with Crippen LogP contribution in [0.1, 0.15) is 46.8 Å². The van der Waals surface area contributed by atoms with Crippen LogP contribution in [0.15, 0.2) is 47.0 Å². The number of amides is 3. The van der Waals surface area contributed by atoms with E-state index in [4.69, 9.17) is 9.26 Å². The molecule has 0 radical (unpaired) electrons. The lowest BCUT2D eigenvalue weighted by atomic mass is 9.99. The maximum atomic E-state index is 13.7. The number of rotatable bonds is 8. The van der Waals surface area contributed by atoms with E-state index < -0.39 is 29.9 Å². The first-order chi connectivity index (χ1) is 20.3. The van der Waals surface area contributed by atoms with E-state index in [-0.39, 0.29) is 24.0 Å². The molecule has 13 heteroatoms. The monoisotopic (exact) mass is 603 g/mol. The third kappa shape index (κ3) is 7.65. The highest BCUT2D eigenvalue weighted by Crippen LogP contribution is 2.32. The van der Waals surface area contributed by atoms with Crippen molar-refractivity contribution in [1.29, 1.82) is 0 Å². The Labute approximate surface area is 247 Å². The topological polar surface area (TPSA) is 120 Å².